The van der Waals surface area contributed by atoms with Crippen LogP contribution in [0.15, 0.2) is 36.5 Å². The van der Waals surface area contributed by atoms with E-state index in [4.69, 9.17) is 23.2 Å². The van der Waals surface area contributed by atoms with Gasteiger partial charge in [-0.3, -0.25) is 14.9 Å². The summed E-state index contributed by atoms with van der Waals surface area (Å²) in [7, 11) is 0. The first kappa shape index (κ1) is 14.2. The summed E-state index contributed by atoms with van der Waals surface area (Å²) in [5.74, 6) is -0.686. The van der Waals surface area contributed by atoms with E-state index in [-0.39, 0.29) is 21.4 Å². The second-order valence-electron chi connectivity index (χ2n) is 3.69. The molecule has 2 aromatic rings. The third-order valence-electron chi connectivity index (χ3n) is 2.42. The average Bonchev–Trinajstić information content (AvgIpc) is 2.40. The van der Waals surface area contributed by atoms with Gasteiger partial charge in [0, 0.05) is 6.20 Å². The van der Waals surface area contributed by atoms with Gasteiger partial charge in [0.15, 0.2) is 5.15 Å². The van der Waals surface area contributed by atoms with Gasteiger partial charge in [0.05, 0.1) is 10.6 Å². The van der Waals surface area contributed by atoms with Crippen LogP contribution in [0.2, 0.25) is 10.2 Å². The number of para-hydroxylation sites is 1. The molecule has 0 aliphatic heterocycles. The van der Waals surface area contributed by atoms with E-state index in [0.717, 1.165) is 0 Å². The summed E-state index contributed by atoms with van der Waals surface area (Å²) >= 11 is 11.5. The van der Waals surface area contributed by atoms with Crippen molar-refractivity contribution in [2.75, 3.05) is 5.32 Å². The lowest BCUT2D eigenvalue weighted by Gasteiger charge is -2.07. The van der Waals surface area contributed by atoms with Gasteiger partial charge in [0.25, 0.3) is 5.91 Å². The number of pyridine rings is 1. The molecule has 0 atom stereocenters. The Morgan fingerprint density at radius 1 is 1.25 bits per heavy atom. The highest BCUT2D eigenvalue weighted by atomic mass is 35.5. The quantitative estimate of drug-likeness (QED) is 0.533. The van der Waals surface area contributed by atoms with Gasteiger partial charge < -0.3 is 5.32 Å². The van der Waals surface area contributed by atoms with Crippen LogP contribution in [0.25, 0.3) is 0 Å². The van der Waals surface area contributed by atoms with Crippen LogP contribution in [0.5, 0.6) is 0 Å². The number of halogens is 2. The van der Waals surface area contributed by atoms with Gasteiger partial charge in [-0.25, -0.2) is 4.98 Å². The number of carbonyl (C=O) groups excluding carboxylic acids is 1. The predicted octanol–water partition coefficient (Wildman–Crippen LogP) is 3.55. The molecule has 0 bridgehead atoms. The molecule has 102 valence electrons. The summed E-state index contributed by atoms with van der Waals surface area (Å²) in [5.41, 5.74) is -0.345. The Bertz CT molecular complexity index is 691. The summed E-state index contributed by atoms with van der Waals surface area (Å²) in [5, 5.41) is 13.4. The highest BCUT2D eigenvalue weighted by Gasteiger charge is 2.24. The zero-order valence-corrected chi connectivity index (χ0v) is 11.4. The van der Waals surface area contributed by atoms with Crippen LogP contribution in [0.1, 0.15) is 10.4 Å². The van der Waals surface area contributed by atoms with E-state index in [2.05, 4.69) is 10.3 Å². The molecule has 0 saturated heterocycles. The lowest BCUT2D eigenvalue weighted by molar-refractivity contribution is -0.385. The molecule has 1 N–H and O–H groups in total. The summed E-state index contributed by atoms with van der Waals surface area (Å²) in [6.45, 7) is 0. The fraction of sp³-hybridized carbons (Fsp3) is 0. The lowest BCUT2D eigenvalue weighted by Crippen LogP contribution is -2.14. The zero-order chi connectivity index (χ0) is 14.7. The third kappa shape index (κ3) is 2.87. The van der Waals surface area contributed by atoms with Gasteiger partial charge in [-0.1, -0.05) is 29.3 Å². The van der Waals surface area contributed by atoms with Crippen LogP contribution in [-0.4, -0.2) is 15.8 Å². The summed E-state index contributed by atoms with van der Waals surface area (Å²) < 4.78 is 0. The van der Waals surface area contributed by atoms with Crippen LogP contribution in [0.3, 0.4) is 0 Å². The molecule has 0 aliphatic carbocycles. The molecule has 6 nitrogen and oxygen atoms in total. The monoisotopic (exact) mass is 311 g/mol. The second kappa shape index (κ2) is 5.85. The zero-order valence-electron chi connectivity index (χ0n) is 9.84. The third-order valence-corrected chi connectivity index (χ3v) is 3.03. The van der Waals surface area contributed by atoms with Crippen LogP contribution in [-0.2, 0) is 0 Å². The number of benzene rings is 1. The number of aromatic nitrogens is 1. The first-order valence-corrected chi connectivity index (χ1v) is 6.11. The standard InChI is InChI=1S/C12H7Cl2N3O3/c13-8-4-1-3-7(10(8)17(19)20)12(18)16-9-5-2-6-15-11(9)14/h1-6H,(H,16,18). The molecule has 8 heteroatoms. The molecule has 1 aromatic carbocycles. The summed E-state index contributed by atoms with van der Waals surface area (Å²) in [6, 6.07) is 7.21. The van der Waals surface area contributed by atoms with Crippen molar-refractivity contribution in [3.05, 3.63) is 62.4 Å². The number of rotatable bonds is 3. The normalized spacial score (nSPS) is 10.1. The van der Waals surface area contributed by atoms with Gasteiger partial charge in [0.1, 0.15) is 10.6 Å². The van der Waals surface area contributed by atoms with Crippen molar-refractivity contribution in [3.63, 3.8) is 0 Å². The Morgan fingerprint density at radius 2 is 2.00 bits per heavy atom. The number of nitrogens with one attached hydrogen (secondary N) is 1. The number of nitro groups is 1. The topological polar surface area (TPSA) is 85.1 Å². The molecule has 0 radical (unpaired) electrons. The Hall–Kier alpha value is -2.18. The maximum absolute atomic E-state index is 12.1. The minimum absolute atomic E-state index is 0.0885. The maximum atomic E-state index is 12.1. The summed E-state index contributed by atoms with van der Waals surface area (Å²) in [6.07, 6.45) is 1.46. The molecular formula is C12H7Cl2N3O3. The van der Waals surface area contributed by atoms with Crippen molar-refractivity contribution in [2.45, 2.75) is 0 Å². The van der Waals surface area contributed by atoms with Gasteiger partial charge in [-0.2, -0.15) is 0 Å². The number of anilines is 1. The highest BCUT2D eigenvalue weighted by Crippen LogP contribution is 2.29. The molecule has 20 heavy (non-hydrogen) atoms. The first-order chi connectivity index (χ1) is 9.50. The number of amides is 1. The van der Waals surface area contributed by atoms with E-state index >= 15 is 0 Å². The van der Waals surface area contributed by atoms with Crippen molar-refractivity contribution in [1.29, 1.82) is 0 Å². The number of nitro benzene ring substituents is 1. The highest BCUT2D eigenvalue weighted by molar-refractivity contribution is 6.34. The Morgan fingerprint density at radius 3 is 2.65 bits per heavy atom. The molecule has 0 unspecified atom stereocenters. The van der Waals surface area contributed by atoms with Crippen molar-refractivity contribution >= 4 is 40.5 Å². The largest absolute Gasteiger partial charge is 0.319 e. The molecule has 0 spiro atoms. The van der Waals surface area contributed by atoms with E-state index in [0.29, 0.717) is 0 Å². The molecule has 0 aliphatic rings. The SMILES string of the molecule is O=C(Nc1cccnc1Cl)c1cccc(Cl)c1[N+](=O)[O-]. The number of carbonyl (C=O) groups is 1. The molecule has 0 fully saturated rings. The van der Waals surface area contributed by atoms with Crippen LogP contribution >= 0.6 is 23.2 Å². The van der Waals surface area contributed by atoms with Crippen molar-refractivity contribution in [3.8, 4) is 0 Å². The van der Waals surface area contributed by atoms with Crippen LogP contribution in [0, 0.1) is 10.1 Å². The second-order valence-corrected chi connectivity index (χ2v) is 4.45. The number of hydrogen-bond acceptors (Lipinski definition) is 4. The number of hydrogen-bond donors (Lipinski definition) is 1. The molecular weight excluding hydrogens is 305 g/mol. The molecule has 1 amide bonds. The van der Waals surface area contributed by atoms with Gasteiger partial charge >= 0.3 is 5.69 Å². The van der Waals surface area contributed by atoms with Gasteiger partial charge in [0.2, 0.25) is 0 Å². The van der Waals surface area contributed by atoms with Crippen molar-refractivity contribution in [2.24, 2.45) is 0 Å². The molecule has 1 aromatic heterocycles. The lowest BCUT2D eigenvalue weighted by atomic mass is 10.1. The molecule has 2 rings (SSSR count). The summed E-state index contributed by atoms with van der Waals surface area (Å²) in [4.78, 5) is 26.1. The van der Waals surface area contributed by atoms with Crippen molar-refractivity contribution in [1.82, 2.24) is 4.98 Å². The minimum Gasteiger partial charge on any atom is -0.319 e. The fourth-order valence-corrected chi connectivity index (χ4v) is 1.96. The average molecular weight is 312 g/mol. The predicted molar refractivity (Wildman–Crippen MR) is 75.3 cm³/mol. The van der Waals surface area contributed by atoms with E-state index in [1.54, 1.807) is 6.07 Å². The van der Waals surface area contributed by atoms with Crippen LogP contribution < -0.4 is 5.32 Å². The van der Waals surface area contributed by atoms with E-state index < -0.39 is 16.5 Å². The van der Waals surface area contributed by atoms with Crippen LogP contribution in [0.4, 0.5) is 11.4 Å². The van der Waals surface area contributed by atoms with E-state index in [1.165, 1.54) is 30.5 Å². The van der Waals surface area contributed by atoms with Crippen molar-refractivity contribution < 1.29 is 9.72 Å². The number of nitrogens with zero attached hydrogens (tertiary/aromatic N) is 2. The van der Waals surface area contributed by atoms with Gasteiger partial charge in [-0.15, -0.1) is 0 Å². The minimum atomic E-state index is -0.706. The smallest absolute Gasteiger partial charge is 0.300 e. The first-order valence-electron chi connectivity index (χ1n) is 5.35. The fourth-order valence-electron chi connectivity index (χ4n) is 1.55. The van der Waals surface area contributed by atoms with E-state index in [9.17, 15) is 14.9 Å². The Kier molecular flexibility index (Phi) is 4.16. The Labute approximate surface area is 123 Å². The Balaban J connectivity index is 2.38. The van der Waals surface area contributed by atoms with Gasteiger partial charge in [-0.05, 0) is 24.3 Å². The van der Waals surface area contributed by atoms with E-state index in [1.807, 2.05) is 0 Å². The molecule has 0 saturated carbocycles. The molecule has 1 heterocycles. The maximum Gasteiger partial charge on any atom is 0.300 e.